The number of carbonyl (C=O) groups is 2. The lowest BCUT2D eigenvalue weighted by molar-refractivity contribution is -0.124. The van der Waals surface area contributed by atoms with E-state index in [1.807, 2.05) is 0 Å². The number of nitrogens with one attached hydrogen (secondary N) is 2. The number of carbonyl (C=O) groups excluding carboxylic acids is 2. The molecular formula is C20H25FN6O5S. The number of aryl methyl sites for hydroxylation is 1. The molecule has 2 aromatic rings. The molecule has 1 heterocycles. The first-order valence-electron chi connectivity index (χ1n) is 9.82. The standard InChI is InChI=1S/C20H25FN6O5S/c1-13-6-7-14(21)10-17(13)33(31,32)26-16-5-3-9-27(19(16)30)11-18(29)25-15(12-28)4-2-8-24-20(22)23/h3,5-7,9-10,12,15,26H,2,4,8,11H2,1H3,(H,25,29)(H4,22,23,24). The molecule has 0 radical (unpaired) electrons. The SMILES string of the molecule is Cc1ccc(F)cc1S(=O)(=O)Nc1cccn(CC(=O)NC(C=O)CCCN=C(N)N)c1=O. The van der Waals surface area contributed by atoms with E-state index < -0.39 is 39.9 Å². The van der Waals surface area contributed by atoms with Crippen molar-refractivity contribution in [1.29, 1.82) is 0 Å². The molecule has 0 fully saturated rings. The fourth-order valence-corrected chi connectivity index (χ4v) is 4.22. The van der Waals surface area contributed by atoms with Gasteiger partial charge < -0.3 is 26.1 Å². The van der Waals surface area contributed by atoms with E-state index in [4.69, 9.17) is 11.5 Å². The van der Waals surface area contributed by atoms with Crippen LogP contribution in [0.2, 0.25) is 0 Å². The van der Waals surface area contributed by atoms with Gasteiger partial charge in [-0.2, -0.15) is 0 Å². The van der Waals surface area contributed by atoms with Crippen molar-refractivity contribution >= 4 is 33.9 Å². The zero-order valence-corrected chi connectivity index (χ0v) is 18.6. The third-order valence-corrected chi connectivity index (χ3v) is 6.00. The highest BCUT2D eigenvalue weighted by atomic mass is 32.2. The Hall–Kier alpha value is -3.74. The number of benzene rings is 1. The normalized spacial score (nSPS) is 11.9. The Morgan fingerprint density at radius 3 is 2.70 bits per heavy atom. The summed E-state index contributed by atoms with van der Waals surface area (Å²) >= 11 is 0. The number of hydrogen-bond acceptors (Lipinski definition) is 6. The third kappa shape index (κ3) is 7.42. The molecule has 0 spiro atoms. The summed E-state index contributed by atoms with van der Waals surface area (Å²) in [6, 6.07) is 5.06. The van der Waals surface area contributed by atoms with E-state index in [0.717, 1.165) is 16.7 Å². The van der Waals surface area contributed by atoms with Gasteiger partial charge in [-0.15, -0.1) is 0 Å². The fourth-order valence-electron chi connectivity index (χ4n) is 2.90. The van der Waals surface area contributed by atoms with Crippen LogP contribution in [0.3, 0.4) is 0 Å². The third-order valence-electron chi connectivity index (χ3n) is 4.50. The fraction of sp³-hybridized carbons (Fsp3) is 0.300. The number of guanidine groups is 1. The van der Waals surface area contributed by atoms with Crippen LogP contribution in [-0.4, -0.2) is 43.7 Å². The van der Waals surface area contributed by atoms with Crippen LogP contribution in [-0.2, 0) is 26.2 Å². The van der Waals surface area contributed by atoms with E-state index in [1.54, 1.807) is 0 Å². The van der Waals surface area contributed by atoms with Crippen molar-refractivity contribution in [3.8, 4) is 0 Å². The van der Waals surface area contributed by atoms with Crippen LogP contribution in [0.4, 0.5) is 10.1 Å². The lowest BCUT2D eigenvalue weighted by Crippen LogP contribution is -2.40. The monoisotopic (exact) mass is 480 g/mol. The molecule has 1 amide bonds. The molecule has 1 atom stereocenters. The first-order valence-corrected chi connectivity index (χ1v) is 11.3. The van der Waals surface area contributed by atoms with Crippen LogP contribution < -0.4 is 27.1 Å². The highest BCUT2D eigenvalue weighted by Gasteiger charge is 2.20. The number of halogens is 1. The molecule has 11 nitrogen and oxygen atoms in total. The van der Waals surface area contributed by atoms with E-state index in [0.29, 0.717) is 18.3 Å². The molecule has 1 aromatic carbocycles. The number of nitrogens with zero attached hydrogens (tertiary/aromatic N) is 2. The lowest BCUT2D eigenvalue weighted by Gasteiger charge is -2.14. The summed E-state index contributed by atoms with van der Waals surface area (Å²) in [5.74, 6) is -1.45. The molecule has 2 rings (SSSR count). The van der Waals surface area contributed by atoms with Crippen molar-refractivity contribution in [3.63, 3.8) is 0 Å². The van der Waals surface area contributed by atoms with E-state index in [1.165, 1.54) is 31.3 Å². The summed E-state index contributed by atoms with van der Waals surface area (Å²) in [5, 5.41) is 2.48. The van der Waals surface area contributed by atoms with Crippen LogP contribution >= 0.6 is 0 Å². The van der Waals surface area contributed by atoms with Crippen molar-refractivity contribution in [3.05, 3.63) is 58.3 Å². The number of aldehydes is 1. The van der Waals surface area contributed by atoms with Gasteiger partial charge in [-0.1, -0.05) is 6.07 Å². The van der Waals surface area contributed by atoms with E-state index in [2.05, 4.69) is 15.0 Å². The van der Waals surface area contributed by atoms with Gasteiger partial charge in [0.2, 0.25) is 5.91 Å². The molecule has 0 aliphatic heterocycles. The van der Waals surface area contributed by atoms with E-state index in [9.17, 15) is 27.2 Å². The second-order valence-corrected chi connectivity index (χ2v) is 8.78. The van der Waals surface area contributed by atoms with Gasteiger partial charge in [0, 0.05) is 12.7 Å². The summed E-state index contributed by atoms with van der Waals surface area (Å²) in [7, 11) is -4.25. The minimum atomic E-state index is -4.25. The molecule has 0 aliphatic rings. The Morgan fingerprint density at radius 2 is 2.03 bits per heavy atom. The predicted molar refractivity (Wildman–Crippen MR) is 121 cm³/mol. The molecule has 0 saturated carbocycles. The van der Waals surface area contributed by atoms with Gasteiger partial charge >= 0.3 is 0 Å². The van der Waals surface area contributed by atoms with Gasteiger partial charge in [0.05, 0.1) is 10.9 Å². The number of aliphatic imine (C=N–C) groups is 1. The molecule has 33 heavy (non-hydrogen) atoms. The van der Waals surface area contributed by atoms with Crippen LogP contribution in [0, 0.1) is 12.7 Å². The Morgan fingerprint density at radius 1 is 1.30 bits per heavy atom. The number of hydrogen-bond donors (Lipinski definition) is 4. The molecular weight excluding hydrogens is 455 g/mol. The maximum Gasteiger partial charge on any atom is 0.275 e. The largest absolute Gasteiger partial charge is 0.370 e. The van der Waals surface area contributed by atoms with Gasteiger partial charge in [0.1, 0.15) is 24.3 Å². The van der Waals surface area contributed by atoms with Crippen LogP contribution in [0.5, 0.6) is 0 Å². The topological polar surface area (TPSA) is 179 Å². The molecule has 1 aromatic heterocycles. The zero-order valence-electron chi connectivity index (χ0n) is 17.8. The molecule has 6 N–H and O–H groups in total. The van der Waals surface area contributed by atoms with Gasteiger partial charge in [-0.3, -0.25) is 19.3 Å². The zero-order chi connectivity index (χ0) is 24.6. The van der Waals surface area contributed by atoms with Crippen molar-refractivity contribution in [2.75, 3.05) is 11.3 Å². The number of pyridine rings is 1. The smallest absolute Gasteiger partial charge is 0.275 e. The number of sulfonamides is 1. The maximum absolute atomic E-state index is 13.5. The van der Waals surface area contributed by atoms with Crippen LogP contribution in [0.25, 0.3) is 0 Å². The number of anilines is 1. The summed E-state index contributed by atoms with van der Waals surface area (Å²) in [6.45, 7) is 1.32. The second-order valence-electron chi connectivity index (χ2n) is 7.13. The summed E-state index contributed by atoms with van der Waals surface area (Å²) in [4.78, 5) is 39.6. The summed E-state index contributed by atoms with van der Waals surface area (Å²) in [6.07, 6.45) is 2.58. The average Bonchev–Trinajstić information content (AvgIpc) is 2.74. The average molecular weight is 481 g/mol. The van der Waals surface area contributed by atoms with Crippen molar-refractivity contribution in [2.45, 2.75) is 37.2 Å². The number of amides is 1. The Bertz CT molecular complexity index is 1210. The molecule has 0 aliphatic carbocycles. The van der Waals surface area contributed by atoms with Crippen molar-refractivity contribution in [1.82, 2.24) is 9.88 Å². The second kappa shape index (κ2) is 11.2. The van der Waals surface area contributed by atoms with Gasteiger partial charge in [-0.05, 0) is 49.6 Å². The Balaban J connectivity index is 2.11. The minimum Gasteiger partial charge on any atom is -0.370 e. The van der Waals surface area contributed by atoms with Crippen molar-refractivity contribution < 1.29 is 22.4 Å². The predicted octanol–water partition coefficient (Wildman–Crippen LogP) is -0.166. The number of nitrogens with two attached hydrogens (primary N) is 2. The Kier molecular flexibility index (Phi) is 8.68. The summed E-state index contributed by atoms with van der Waals surface area (Å²) in [5.41, 5.74) is 9.61. The maximum atomic E-state index is 13.5. The summed E-state index contributed by atoms with van der Waals surface area (Å²) < 4.78 is 41.9. The van der Waals surface area contributed by atoms with Crippen molar-refractivity contribution in [2.24, 2.45) is 16.5 Å². The number of rotatable bonds is 11. The molecule has 0 bridgehead atoms. The van der Waals surface area contributed by atoms with Gasteiger partial charge in [-0.25, -0.2) is 12.8 Å². The Labute approximate surface area is 189 Å². The van der Waals surface area contributed by atoms with Gasteiger partial charge in [0.15, 0.2) is 5.96 Å². The quantitative estimate of drug-likeness (QED) is 0.149. The van der Waals surface area contributed by atoms with Gasteiger partial charge in [0.25, 0.3) is 15.6 Å². The van der Waals surface area contributed by atoms with E-state index in [-0.39, 0.29) is 29.5 Å². The van der Waals surface area contributed by atoms with Crippen LogP contribution in [0.15, 0.2) is 51.2 Å². The first kappa shape index (κ1) is 25.5. The van der Waals surface area contributed by atoms with Crippen LogP contribution in [0.1, 0.15) is 18.4 Å². The lowest BCUT2D eigenvalue weighted by atomic mass is 10.2. The first-order chi connectivity index (χ1) is 15.5. The molecule has 0 saturated heterocycles. The van der Waals surface area contributed by atoms with E-state index >= 15 is 0 Å². The highest BCUT2D eigenvalue weighted by molar-refractivity contribution is 7.92. The molecule has 1 unspecified atom stereocenters. The minimum absolute atomic E-state index is 0.0795. The highest BCUT2D eigenvalue weighted by Crippen LogP contribution is 2.19. The molecule has 13 heteroatoms. The number of aromatic nitrogens is 1. The molecule has 178 valence electrons.